The lowest BCUT2D eigenvalue weighted by atomic mass is 10.1. The number of carbonyl (C=O) groups excluding carboxylic acids is 1. The van der Waals surface area contributed by atoms with Gasteiger partial charge in [-0.1, -0.05) is 54.3 Å². The van der Waals surface area contributed by atoms with Crippen LogP contribution < -0.4 is 9.64 Å². The molecule has 162 valence electrons. The monoisotopic (exact) mass is 591 g/mol. The molecule has 3 nitrogen and oxygen atoms in total. The van der Waals surface area contributed by atoms with E-state index in [-0.39, 0.29) is 11.7 Å². The van der Waals surface area contributed by atoms with Crippen LogP contribution in [0, 0.1) is 12.7 Å². The molecule has 0 N–H and O–H groups in total. The molecular weight excluding hydrogens is 577 g/mol. The number of hydrogen-bond acceptors (Lipinski definition) is 4. The van der Waals surface area contributed by atoms with E-state index in [2.05, 4.69) is 31.9 Å². The Kier molecular flexibility index (Phi) is 7.14. The van der Waals surface area contributed by atoms with E-state index < -0.39 is 0 Å². The number of nitrogens with zero attached hydrogens (tertiary/aromatic N) is 1. The van der Waals surface area contributed by atoms with E-state index in [1.165, 1.54) is 23.9 Å². The molecule has 32 heavy (non-hydrogen) atoms. The number of ether oxygens (including phenoxy) is 1. The molecular formula is C24H16Br2FNO2S2. The number of amides is 1. The van der Waals surface area contributed by atoms with Gasteiger partial charge >= 0.3 is 0 Å². The fourth-order valence-corrected chi connectivity index (χ4v) is 5.91. The van der Waals surface area contributed by atoms with E-state index in [0.29, 0.717) is 21.6 Å². The Hall–Kier alpha value is -2.00. The van der Waals surface area contributed by atoms with Gasteiger partial charge in [0.2, 0.25) is 0 Å². The maximum atomic E-state index is 13.1. The van der Waals surface area contributed by atoms with Gasteiger partial charge in [0, 0.05) is 0 Å². The standard InChI is InChI=1S/C24H16Br2FNO2S2/c1-14-4-2-3-5-20(14)28-23(29)21(32-24(28)31)12-16-10-18(25)22(19(26)11-16)30-13-15-6-8-17(27)9-7-15/h2-12H,13H2,1H3. The Morgan fingerprint density at radius 1 is 1.09 bits per heavy atom. The lowest BCUT2D eigenvalue weighted by molar-refractivity contribution is -0.113. The molecule has 3 aromatic rings. The van der Waals surface area contributed by atoms with Gasteiger partial charge in [-0.2, -0.15) is 0 Å². The molecule has 4 rings (SSSR count). The third kappa shape index (κ3) is 4.98. The zero-order valence-corrected chi connectivity index (χ0v) is 21.6. The summed E-state index contributed by atoms with van der Waals surface area (Å²) in [7, 11) is 0. The van der Waals surface area contributed by atoms with Crippen molar-refractivity contribution in [2.45, 2.75) is 13.5 Å². The van der Waals surface area contributed by atoms with Gasteiger partial charge in [0.1, 0.15) is 18.2 Å². The van der Waals surface area contributed by atoms with E-state index in [1.807, 2.05) is 49.4 Å². The Balaban J connectivity index is 1.55. The molecule has 0 bridgehead atoms. The SMILES string of the molecule is Cc1ccccc1N1C(=O)C(=Cc2cc(Br)c(OCc3ccc(F)cc3)c(Br)c2)SC1=S. The summed E-state index contributed by atoms with van der Waals surface area (Å²) in [6, 6.07) is 17.6. The van der Waals surface area contributed by atoms with Crippen LogP contribution in [0.1, 0.15) is 16.7 Å². The number of benzene rings is 3. The molecule has 1 fully saturated rings. The summed E-state index contributed by atoms with van der Waals surface area (Å²) in [5.74, 6) is 0.199. The van der Waals surface area contributed by atoms with Gasteiger partial charge in [0.05, 0.1) is 19.5 Å². The van der Waals surface area contributed by atoms with E-state index >= 15 is 0 Å². The van der Waals surface area contributed by atoms with Crippen LogP contribution in [0.3, 0.4) is 0 Å². The van der Waals surface area contributed by atoms with Crippen molar-refractivity contribution in [1.29, 1.82) is 0 Å². The Morgan fingerprint density at radius 3 is 2.41 bits per heavy atom. The maximum absolute atomic E-state index is 13.1. The topological polar surface area (TPSA) is 29.5 Å². The quantitative estimate of drug-likeness (QED) is 0.225. The summed E-state index contributed by atoms with van der Waals surface area (Å²) in [5.41, 5.74) is 3.46. The van der Waals surface area contributed by atoms with Crippen molar-refractivity contribution in [1.82, 2.24) is 0 Å². The van der Waals surface area contributed by atoms with Crippen LogP contribution >= 0.6 is 55.8 Å². The Morgan fingerprint density at radius 2 is 1.75 bits per heavy atom. The number of halogens is 3. The maximum Gasteiger partial charge on any atom is 0.270 e. The van der Waals surface area contributed by atoms with Crippen molar-refractivity contribution in [3.05, 3.63) is 97.0 Å². The number of para-hydroxylation sites is 1. The smallest absolute Gasteiger partial charge is 0.270 e. The molecule has 1 aliphatic rings. The van der Waals surface area contributed by atoms with Crippen LogP contribution in [-0.4, -0.2) is 10.2 Å². The minimum absolute atomic E-state index is 0.141. The summed E-state index contributed by atoms with van der Waals surface area (Å²) in [6.45, 7) is 2.25. The summed E-state index contributed by atoms with van der Waals surface area (Å²) < 4.78 is 21.0. The minimum atomic E-state index is -0.284. The van der Waals surface area contributed by atoms with Crippen LogP contribution in [-0.2, 0) is 11.4 Å². The largest absolute Gasteiger partial charge is 0.487 e. The molecule has 0 aromatic heterocycles. The lowest BCUT2D eigenvalue weighted by Gasteiger charge is -2.16. The molecule has 0 aliphatic carbocycles. The fourth-order valence-electron chi connectivity index (χ4n) is 3.18. The number of anilines is 1. The fraction of sp³-hybridized carbons (Fsp3) is 0.0833. The van der Waals surface area contributed by atoms with Crippen LogP contribution in [0.15, 0.2) is 74.5 Å². The number of thiocarbonyl (C=S) groups is 1. The number of hydrogen-bond donors (Lipinski definition) is 0. The molecule has 1 saturated heterocycles. The normalized spacial score (nSPS) is 15.0. The Labute approximate surface area is 211 Å². The van der Waals surface area contributed by atoms with Crippen molar-refractivity contribution >= 4 is 77.8 Å². The van der Waals surface area contributed by atoms with Crippen LogP contribution in [0.5, 0.6) is 5.75 Å². The lowest BCUT2D eigenvalue weighted by Crippen LogP contribution is -2.28. The van der Waals surface area contributed by atoms with Crippen LogP contribution in [0.4, 0.5) is 10.1 Å². The zero-order chi connectivity index (χ0) is 22.8. The number of aryl methyl sites for hydroxylation is 1. The van der Waals surface area contributed by atoms with Gasteiger partial charge in [-0.05, 0) is 91.9 Å². The second kappa shape index (κ2) is 9.87. The van der Waals surface area contributed by atoms with Gasteiger partial charge in [0.15, 0.2) is 4.32 Å². The number of carbonyl (C=O) groups is 1. The van der Waals surface area contributed by atoms with Gasteiger partial charge in [0.25, 0.3) is 5.91 Å². The van der Waals surface area contributed by atoms with Crippen molar-refractivity contribution in [3.63, 3.8) is 0 Å². The summed E-state index contributed by atoms with van der Waals surface area (Å²) >= 11 is 13.9. The van der Waals surface area contributed by atoms with Crippen LogP contribution in [0.2, 0.25) is 0 Å². The van der Waals surface area contributed by atoms with Crippen LogP contribution in [0.25, 0.3) is 6.08 Å². The molecule has 0 saturated carbocycles. The van der Waals surface area contributed by atoms with Crippen molar-refractivity contribution in [2.24, 2.45) is 0 Å². The first-order chi connectivity index (χ1) is 15.3. The second-order valence-corrected chi connectivity index (χ2v) is 10.4. The third-order valence-corrected chi connectivity index (χ3v) is 7.25. The van der Waals surface area contributed by atoms with Crippen molar-refractivity contribution in [2.75, 3.05) is 4.90 Å². The molecule has 0 spiro atoms. The Bertz CT molecular complexity index is 1220. The summed E-state index contributed by atoms with van der Waals surface area (Å²) in [5, 5.41) is 0. The first-order valence-corrected chi connectivity index (χ1v) is 12.3. The highest BCUT2D eigenvalue weighted by atomic mass is 79.9. The van der Waals surface area contributed by atoms with Crippen molar-refractivity contribution < 1.29 is 13.9 Å². The average Bonchev–Trinajstić information content (AvgIpc) is 3.02. The van der Waals surface area contributed by atoms with Gasteiger partial charge in [-0.3, -0.25) is 9.69 Å². The first kappa shape index (κ1) is 23.2. The van der Waals surface area contributed by atoms with E-state index in [0.717, 1.165) is 31.3 Å². The number of thioether (sulfide) groups is 1. The van der Waals surface area contributed by atoms with E-state index in [4.69, 9.17) is 17.0 Å². The molecule has 1 heterocycles. The molecule has 8 heteroatoms. The second-order valence-electron chi connectivity index (χ2n) is 7.03. The predicted octanol–water partition coefficient (Wildman–Crippen LogP) is 7.64. The molecule has 0 radical (unpaired) electrons. The molecule has 1 amide bonds. The van der Waals surface area contributed by atoms with E-state index in [1.54, 1.807) is 17.0 Å². The van der Waals surface area contributed by atoms with Gasteiger partial charge < -0.3 is 4.74 Å². The predicted molar refractivity (Wildman–Crippen MR) is 139 cm³/mol. The third-order valence-electron chi connectivity index (χ3n) is 4.76. The molecule has 0 unspecified atom stereocenters. The summed E-state index contributed by atoms with van der Waals surface area (Å²) in [6.07, 6.45) is 1.82. The average molecular weight is 593 g/mol. The van der Waals surface area contributed by atoms with E-state index in [9.17, 15) is 9.18 Å². The van der Waals surface area contributed by atoms with Gasteiger partial charge in [-0.25, -0.2) is 4.39 Å². The van der Waals surface area contributed by atoms with Gasteiger partial charge in [-0.15, -0.1) is 0 Å². The van der Waals surface area contributed by atoms with Crippen molar-refractivity contribution in [3.8, 4) is 5.75 Å². The first-order valence-electron chi connectivity index (χ1n) is 9.53. The highest BCUT2D eigenvalue weighted by Crippen LogP contribution is 2.40. The highest BCUT2D eigenvalue weighted by Gasteiger charge is 2.34. The number of rotatable bonds is 5. The molecule has 1 aliphatic heterocycles. The zero-order valence-electron chi connectivity index (χ0n) is 16.8. The summed E-state index contributed by atoms with van der Waals surface area (Å²) in [4.78, 5) is 15.2. The minimum Gasteiger partial charge on any atom is -0.487 e. The molecule has 0 atom stereocenters. The highest BCUT2D eigenvalue weighted by molar-refractivity contribution is 9.11. The molecule has 3 aromatic carbocycles.